The van der Waals surface area contributed by atoms with Gasteiger partial charge >= 0.3 is 0 Å². The lowest BCUT2D eigenvalue weighted by atomic mass is 10.1. The van der Waals surface area contributed by atoms with Crippen LogP contribution < -0.4 is 5.32 Å². The molecule has 118 valence electrons. The first-order chi connectivity index (χ1) is 11.1. The van der Waals surface area contributed by atoms with Gasteiger partial charge in [-0.25, -0.2) is 18.7 Å². The third-order valence-electron chi connectivity index (χ3n) is 2.69. The second kappa shape index (κ2) is 6.84. The molecule has 0 aliphatic carbocycles. The molecule has 10 heteroatoms. The van der Waals surface area contributed by atoms with Crippen molar-refractivity contribution in [2.75, 3.05) is 11.1 Å². The van der Waals surface area contributed by atoms with E-state index in [4.69, 9.17) is 0 Å². The number of nitrogens with one attached hydrogen (secondary N) is 2. The van der Waals surface area contributed by atoms with Gasteiger partial charge in [-0.1, -0.05) is 11.8 Å². The smallest absolute Gasteiger partial charge is 0.236 e. The Hall–Kier alpha value is -2.33. The van der Waals surface area contributed by atoms with E-state index in [-0.39, 0.29) is 22.9 Å². The van der Waals surface area contributed by atoms with Crippen molar-refractivity contribution in [2.45, 2.75) is 5.16 Å². The highest BCUT2D eigenvalue weighted by molar-refractivity contribution is 7.99. The number of nitrogens with zero attached hydrogens (tertiary/aromatic N) is 3. The summed E-state index contributed by atoms with van der Waals surface area (Å²) in [6, 6.07) is 3.14. The highest BCUT2D eigenvalue weighted by Gasteiger charge is 2.12. The van der Waals surface area contributed by atoms with E-state index < -0.39 is 11.6 Å². The molecule has 0 saturated heterocycles. The minimum atomic E-state index is -0.574. The van der Waals surface area contributed by atoms with E-state index in [9.17, 15) is 13.6 Å². The Kier molecular flexibility index (Phi) is 4.63. The lowest BCUT2D eigenvalue weighted by molar-refractivity contribution is -0.113. The molecule has 0 atom stereocenters. The quantitative estimate of drug-likeness (QED) is 0.689. The maximum atomic E-state index is 13.7. The van der Waals surface area contributed by atoms with Crippen molar-refractivity contribution in [1.82, 2.24) is 20.2 Å². The number of carbonyl (C=O) groups is 1. The summed E-state index contributed by atoms with van der Waals surface area (Å²) in [5.41, 5.74) is 0.322. The van der Waals surface area contributed by atoms with Crippen LogP contribution in [0, 0.1) is 11.6 Å². The number of carbonyl (C=O) groups excluding carboxylic acids is 1. The summed E-state index contributed by atoms with van der Waals surface area (Å²) in [6.45, 7) is 0. The Labute approximate surface area is 137 Å². The van der Waals surface area contributed by atoms with Crippen LogP contribution in [0.5, 0.6) is 0 Å². The molecule has 1 aromatic carbocycles. The number of benzene rings is 1. The van der Waals surface area contributed by atoms with E-state index in [1.54, 1.807) is 5.38 Å². The normalized spacial score (nSPS) is 10.7. The molecular formula is C13H9F2N5OS2. The monoisotopic (exact) mass is 353 g/mol. The van der Waals surface area contributed by atoms with Crippen LogP contribution in [0.4, 0.5) is 13.9 Å². The first-order valence-corrected chi connectivity index (χ1v) is 8.17. The second-order valence-electron chi connectivity index (χ2n) is 4.29. The Bertz CT molecular complexity index is 822. The van der Waals surface area contributed by atoms with Crippen LogP contribution >= 0.6 is 23.1 Å². The molecule has 0 radical (unpaired) electrons. The van der Waals surface area contributed by atoms with Crippen molar-refractivity contribution < 1.29 is 13.6 Å². The number of anilines is 1. The first-order valence-electron chi connectivity index (χ1n) is 6.31. The summed E-state index contributed by atoms with van der Waals surface area (Å²) >= 11 is 2.32. The zero-order valence-electron chi connectivity index (χ0n) is 11.4. The molecule has 0 aliphatic heterocycles. The van der Waals surface area contributed by atoms with Gasteiger partial charge in [0, 0.05) is 10.9 Å². The van der Waals surface area contributed by atoms with Crippen LogP contribution in [0.25, 0.3) is 11.3 Å². The van der Waals surface area contributed by atoms with Crippen molar-refractivity contribution in [1.29, 1.82) is 0 Å². The number of amides is 1. The van der Waals surface area contributed by atoms with E-state index in [2.05, 4.69) is 25.5 Å². The molecule has 23 heavy (non-hydrogen) atoms. The number of thiazole rings is 1. The number of thioether (sulfide) groups is 1. The van der Waals surface area contributed by atoms with Gasteiger partial charge in [-0.15, -0.1) is 11.3 Å². The molecule has 0 aliphatic rings. The molecule has 3 rings (SSSR count). The van der Waals surface area contributed by atoms with Gasteiger partial charge in [0.1, 0.15) is 18.0 Å². The molecule has 2 heterocycles. The third-order valence-corrected chi connectivity index (χ3v) is 4.32. The molecule has 6 nitrogen and oxygen atoms in total. The maximum Gasteiger partial charge on any atom is 0.236 e. The van der Waals surface area contributed by atoms with Gasteiger partial charge in [-0.2, -0.15) is 5.10 Å². The van der Waals surface area contributed by atoms with Gasteiger partial charge in [-0.3, -0.25) is 9.89 Å². The average Bonchev–Trinajstić information content (AvgIpc) is 3.19. The molecule has 2 N–H and O–H groups in total. The van der Waals surface area contributed by atoms with Crippen molar-refractivity contribution in [3.05, 3.63) is 41.5 Å². The van der Waals surface area contributed by atoms with Crippen molar-refractivity contribution in [2.24, 2.45) is 0 Å². The number of rotatable bonds is 5. The maximum absolute atomic E-state index is 13.7. The van der Waals surface area contributed by atoms with E-state index in [0.717, 1.165) is 29.5 Å². The summed E-state index contributed by atoms with van der Waals surface area (Å²) < 4.78 is 26.9. The van der Waals surface area contributed by atoms with Gasteiger partial charge < -0.3 is 5.32 Å². The highest BCUT2D eigenvalue weighted by atomic mass is 32.2. The number of halogens is 2. The SMILES string of the molecule is O=C(CSc1ncn[nH]1)Nc1nc(-c2cc(F)ccc2F)cs1. The molecule has 0 spiro atoms. The van der Waals surface area contributed by atoms with Crippen LogP contribution in [0.1, 0.15) is 0 Å². The van der Waals surface area contributed by atoms with Crippen LogP contribution in [0.15, 0.2) is 35.1 Å². The summed E-state index contributed by atoms with van der Waals surface area (Å²) in [5.74, 6) is -1.29. The van der Waals surface area contributed by atoms with Crippen molar-refractivity contribution in [3.8, 4) is 11.3 Å². The number of H-pyrrole nitrogens is 1. The average molecular weight is 353 g/mol. The Morgan fingerprint density at radius 2 is 2.26 bits per heavy atom. The molecule has 3 aromatic rings. The fourth-order valence-corrected chi connectivity index (χ4v) is 3.01. The number of hydrogen-bond acceptors (Lipinski definition) is 6. The van der Waals surface area contributed by atoms with Crippen LogP contribution in [0.3, 0.4) is 0 Å². The number of hydrogen-bond donors (Lipinski definition) is 2. The summed E-state index contributed by atoms with van der Waals surface area (Å²) in [5, 5.41) is 11.3. The molecule has 2 aromatic heterocycles. The molecule has 0 fully saturated rings. The fraction of sp³-hybridized carbons (Fsp3) is 0.0769. The fourth-order valence-electron chi connectivity index (χ4n) is 1.70. The second-order valence-corrected chi connectivity index (χ2v) is 6.11. The van der Waals surface area contributed by atoms with Gasteiger partial charge in [-0.05, 0) is 18.2 Å². The highest BCUT2D eigenvalue weighted by Crippen LogP contribution is 2.27. The van der Waals surface area contributed by atoms with E-state index in [1.807, 2.05) is 0 Å². The third kappa shape index (κ3) is 3.90. The van der Waals surface area contributed by atoms with Gasteiger partial charge in [0.05, 0.1) is 11.4 Å². The van der Waals surface area contributed by atoms with Gasteiger partial charge in [0.2, 0.25) is 5.91 Å². The summed E-state index contributed by atoms with van der Waals surface area (Å²) in [7, 11) is 0. The minimum Gasteiger partial charge on any atom is -0.301 e. The molecule has 0 saturated carbocycles. The standard InChI is InChI=1S/C13H9F2N5OS2/c14-7-1-2-9(15)8(3-7)10-4-22-13(18-10)19-11(21)5-23-12-16-6-17-20-12/h1-4,6H,5H2,(H,16,17,20)(H,18,19,21). The first kappa shape index (κ1) is 15.6. The minimum absolute atomic E-state index is 0.0535. The van der Waals surface area contributed by atoms with E-state index >= 15 is 0 Å². The van der Waals surface area contributed by atoms with E-state index in [0.29, 0.717) is 10.3 Å². The molecular weight excluding hydrogens is 344 g/mol. The Morgan fingerprint density at radius 3 is 3.04 bits per heavy atom. The predicted molar refractivity (Wildman–Crippen MR) is 83.2 cm³/mol. The van der Waals surface area contributed by atoms with Crippen molar-refractivity contribution >= 4 is 34.1 Å². The predicted octanol–water partition coefficient (Wildman–Crippen LogP) is 2.94. The Morgan fingerprint density at radius 1 is 1.39 bits per heavy atom. The van der Waals surface area contributed by atoms with Crippen molar-refractivity contribution in [3.63, 3.8) is 0 Å². The largest absolute Gasteiger partial charge is 0.301 e. The zero-order chi connectivity index (χ0) is 16.2. The Balaban J connectivity index is 1.65. The number of aromatic amines is 1. The van der Waals surface area contributed by atoms with Gasteiger partial charge in [0.25, 0.3) is 0 Å². The molecule has 0 bridgehead atoms. The summed E-state index contributed by atoms with van der Waals surface area (Å²) in [6.07, 6.45) is 1.35. The van der Waals surface area contributed by atoms with E-state index in [1.165, 1.54) is 18.1 Å². The lowest BCUT2D eigenvalue weighted by Gasteiger charge is -2.01. The molecule has 0 unspecified atom stereocenters. The topological polar surface area (TPSA) is 83.6 Å². The van der Waals surface area contributed by atoms with Crippen LogP contribution in [-0.2, 0) is 4.79 Å². The van der Waals surface area contributed by atoms with Crippen LogP contribution in [0.2, 0.25) is 0 Å². The lowest BCUT2D eigenvalue weighted by Crippen LogP contribution is -2.13. The zero-order valence-corrected chi connectivity index (χ0v) is 13.0. The summed E-state index contributed by atoms with van der Waals surface area (Å²) in [4.78, 5) is 19.8. The van der Waals surface area contributed by atoms with Gasteiger partial charge in [0.15, 0.2) is 10.3 Å². The molecule has 1 amide bonds. The number of aromatic nitrogens is 4. The van der Waals surface area contributed by atoms with Crippen LogP contribution in [-0.4, -0.2) is 31.8 Å².